The van der Waals surface area contributed by atoms with E-state index in [9.17, 15) is 13.6 Å². The zero-order valence-electron chi connectivity index (χ0n) is 16.7. The average Bonchev–Trinajstić information content (AvgIpc) is 2.35. The molecule has 148 valence electrons. The van der Waals surface area contributed by atoms with Crippen molar-refractivity contribution in [2.45, 2.75) is 83.7 Å². The third-order valence-corrected chi connectivity index (χ3v) is 7.62. The highest BCUT2D eigenvalue weighted by atomic mass is 28.3. The van der Waals surface area contributed by atoms with Crippen LogP contribution in [-0.2, 0) is 9.16 Å². The molecule has 4 atom stereocenters. The molecule has 1 aliphatic heterocycles. The molecule has 2 N–H and O–H groups in total. The van der Waals surface area contributed by atoms with Crippen molar-refractivity contribution >= 4 is 15.1 Å². The number of piperidine rings is 1. The molecule has 0 aliphatic carbocycles. The molecular weight excluding hydrogens is 346 g/mol. The van der Waals surface area contributed by atoms with Crippen LogP contribution in [0.1, 0.15) is 48.5 Å². The van der Waals surface area contributed by atoms with Gasteiger partial charge in [0.15, 0.2) is 9.04 Å². The Balaban J connectivity index is 2.96. The Labute approximate surface area is 151 Å². The number of carbonyl (C=O) groups is 1. The van der Waals surface area contributed by atoms with Gasteiger partial charge in [0.05, 0.1) is 18.1 Å². The van der Waals surface area contributed by atoms with Crippen LogP contribution in [0.4, 0.5) is 13.6 Å². The molecule has 1 rings (SSSR count). The van der Waals surface area contributed by atoms with Crippen molar-refractivity contribution in [3.63, 3.8) is 0 Å². The predicted octanol–water partition coefficient (Wildman–Crippen LogP) is 3.29. The summed E-state index contributed by atoms with van der Waals surface area (Å²) in [6.45, 7) is 14.9. The Bertz CT molecular complexity index is 458. The molecule has 0 aromatic heterocycles. The van der Waals surface area contributed by atoms with Gasteiger partial charge in [-0.2, -0.15) is 0 Å². The van der Waals surface area contributed by atoms with E-state index in [1.807, 2.05) is 6.55 Å². The van der Waals surface area contributed by atoms with Crippen molar-refractivity contribution in [3.8, 4) is 0 Å². The van der Waals surface area contributed by atoms with Crippen LogP contribution in [0.3, 0.4) is 0 Å². The maximum Gasteiger partial charge on any atom is 0.408 e. The van der Waals surface area contributed by atoms with E-state index in [4.69, 9.17) is 9.16 Å². The summed E-state index contributed by atoms with van der Waals surface area (Å²) in [6, 6.07) is -0.559. The van der Waals surface area contributed by atoms with Crippen LogP contribution in [0.5, 0.6) is 0 Å². The number of hydrogen-bond donors (Lipinski definition) is 2. The number of amides is 1. The second-order valence-electron chi connectivity index (χ2n) is 9.08. The first-order chi connectivity index (χ1) is 11.1. The third kappa shape index (κ3) is 7.19. The van der Waals surface area contributed by atoms with Crippen LogP contribution in [0.2, 0.25) is 11.6 Å². The molecule has 25 heavy (non-hydrogen) atoms. The number of rotatable bonds is 4. The highest BCUT2D eigenvalue weighted by Crippen LogP contribution is 2.35. The summed E-state index contributed by atoms with van der Waals surface area (Å²) in [5.74, 6) is -3.91. The molecule has 0 aromatic carbocycles. The largest absolute Gasteiger partial charge is 0.444 e. The normalized spacial score (nSPS) is 26.9. The Hall–Kier alpha value is -0.733. The van der Waals surface area contributed by atoms with E-state index in [0.29, 0.717) is 6.54 Å². The van der Waals surface area contributed by atoms with E-state index in [1.165, 1.54) is 0 Å². The van der Waals surface area contributed by atoms with Crippen LogP contribution in [0.25, 0.3) is 0 Å². The lowest BCUT2D eigenvalue weighted by atomic mass is 9.87. The lowest BCUT2D eigenvalue weighted by Crippen LogP contribution is -2.63. The number of alkyl halides is 2. The summed E-state index contributed by atoms with van der Waals surface area (Å²) in [7, 11) is -1.75. The third-order valence-electron chi connectivity index (χ3n) is 4.46. The molecular formula is C17H34F2N2O3Si. The summed E-state index contributed by atoms with van der Waals surface area (Å²) >= 11 is 0. The van der Waals surface area contributed by atoms with Crippen molar-refractivity contribution in [1.29, 1.82) is 0 Å². The summed E-state index contributed by atoms with van der Waals surface area (Å²) in [4.78, 5) is 12.1. The van der Waals surface area contributed by atoms with Crippen molar-refractivity contribution < 1.29 is 22.7 Å². The fourth-order valence-corrected chi connectivity index (χ4v) is 3.86. The Morgan fingerprint density at radius 2 is 1.68 bits per heavy atom. The van der Waals surface area contributed by atoms with Crippen molar-refractivity contribution in [2.75, 3.05) is 13.1 Å². The van der Waals surface area contributed by atoms with Gasteiger partial charge in [0.2, 0.25) is 0 Å². The molecule has 5 nitrogen and oxygen atoms in total. The van der Waals surface area contributed by atoms with Crippen LogP contribution >= 0.6 is 0 Å². The second kappa shape index (κ2) is 7.88. The minimum absolute atomic E-state index is 0.0606. The van der Waals surface area contributed by atoms with E-state index < -0.39 is 44.7 Å². The van der Waals surface area contributed by atoms with Gasteiger partial charge in [-0.1, -0.05) is 20.8 Å². The Morgan fingerprint density at radius 3 is 2.12 bits per heavy atom. The van der Waals surface area contributed by atoms with E-state index >= 15 is 0 Å². The molecule has 8 heteroatoms. The molecule has 1 fully saturated rings. The lowest BCUT2D eigenvalue weighted by molar-refractivity contribution is -0.101. The maximum atomic E-state index is 14.1. The van der Waals surface area contributed by atoms with E-state index in [-0.39, 0.29) is 11.6 Å². The lowest BCUT2D eigenvalue weighted by Gasteiger charge is -2.44. The first-order valence-corrected chi connectivity index (χ1v) is 11.0. The first-order valence-electron chi connectivity index (χ1n) is 8.85. The number of nitrogens with one attached hydrogen (secondary N) is 2. The molecule has 0 bridgehead atoms. The summed E-state index contributed by atoms with van der Waals surface area (Å²) < 4.78 is 39.7. The van der Waals surface area contributed by atoms with Gasteiger partial charge in [-0.05, 0) is 39.3 Å². The van der Waals surface area contributed by atoms with Gasteiger partial charge in [0, 0.05) is 13.1 Å². The molecule has 0 radical (unpaired) electrons. The van der Waals surface area contributed by atoms with E-state index in [0.717, 1.165) is 6.92 Å². The molecule has 0 aromatic rings. The van der Waals surface area contributed by atoms with Crippen molar-refractivity contribution in [3.05, 3.63) is 0 Å². The topological polar surface area (TPSA) is 59.6 Å². The maximum absolute atomic E-state index is 14.1. The fourth-order valence-electron chi connectivity index (χ4n) is 2.60. The van der Waals surface area contributed by atoms with Crippen molar-refractivity contribution in [2.24, 2.45) is 5.92 Å². The molecule has 0 spiro atoms. The minimum Gasteiger partial charge on any atom is -0.444 e. The average molecular weight is 381 g/mol. The number of ether oxygens (including phenoxy) is 1. The highest BCUT2D eigenvalue weighted by Gasteiger charge is 2.48. The predicted molar refractivity (Wildman–Crippen MR) is 97.7 cm³/mol. The molecule has 1 aliphatic rings. The standard InChI is InChI=1S/C17H34F2N2O3Si/c1-15(2,3)23-14(22)21-12-10-20-9-11(17(7,18)19)13(12)24-25(8)16(4,5)6/h11-13,20,25H,9-10H2,1-8H3,(H,21,22)/t11-,12+,13+,25?/m0/s1. The van der Waals surface area contributed by atoms with E-state index in [1.54, 1.807) is 20.8 Å². The highest BCUT2D eigenvalue weighted by molar-refractivity contribution is 6.53. The number of alkyl carbamates (subject to hydrolysis) is 1. The van der Waals surface area contributed by atoms with Gasteiger partial charge < -0.3 is 19.8 Å². The number of halogens is 2. The SMILES string of the molecule is C[SiH](O[C@H]1[C@H](NC(=O)OC(C)(C)C)CNC[C@@H]1C(C)(F)F)C(C)(C)C. The van der Waals surface area contributed by atoms with Gasteiger partial charge in [-0.15, -0.1) is 0 Å². The second-order valence-corrected chi connectivity index (χ2v) is 12.4. The van der Waals surface area contributed by atoms with Gasteiger partial charge in [0.1, 0.15) is 5.60 Å². The summed E-state index contributed by atoms with van der Waals surface area (Å²) in [5.41, 5.74) is -0.649. The van der Waals surface area contributed by atoms with Crippen LogP contribution in [0.15, 0.2) is 0 Å². The molecule has 1 heterocycles. The zero-order valence-corrected chi connectivity index (χ0v) is 17.9. The van der Waals surface area contributed by atoms with Gasteiger partial charge in [-0.25, -0.2) is 13.6 Å². The molecule has 1 unspecified atom stereocenters. The summed E-state index contributed by atoms with van der Waals surface area (Å²) in [5, 5.41) is 5.65. The minimum atomic E-state index is -2.90. The first kappa shape index (κ1) is 22.3. The Kier molecular flexibility index (Phi) is 7.03. The van der Waals surface area contributed by atoms with Crippen LogP contribution in [-0.4, -0.2) is 51.9 Å². The van der Waals surface area contributed by atoms with Gasteiger partial charge in [-0.3, -0.25) is 0 Å². The smallest absolute Gasteiger partial charge is 0.408 e. The van der Waals surface area contributed by atoms with Crippen LogP contribution in [0, 0.1) is 5.92 Å². The number of carbonyl (C=O) groups excluding carboxylic acids is 1. The zero-order chi connectivity index (χ0) is 19.6. The molecule has 0 saturated carbocycles. The van der Waals surface area contributed by atoms with Gasteiger partial charge >= 0.3 is 6.09 Å². The fraction of sp³-hybridized carbons (Fsp3) is 0.941. The quantitative estimate of drug-likeness (QED) is 0.735. The number of hydrogen-bond acceptors (Lipinski definition) is 4. The van der Waals surface area contributed by atoms with Crippen LogP contribution < -0.4 is 10.6 Å². The monoisotopic (exact) mass is 380 g/mol. The summed E-state index contributed by atoms with van der Waals surface area (Å²) in [6.07, 6.45) is -1.35. The molecule has 1 saturated heterocycles. The van der Waals surface area contributed by atoms with Gasteiger partial charge in [0.25, 0.3) is 5.92 Å². The van der Waals surface area contributed by atoms with Crippen molar-refractivity contribution in [1.82, 2.24) is 10.6 Å². The van der Waals surface area contributed by atoms with E-state index in [2.05, 4.69) is 31.4 Å². The molecule has 1 amide bonds. The Morgan fingerprint density at radius 1 is 1.12 bits per heavy atom.